The number of nitrogens with one attached hydrogen (secondary N) is 2. The maximum Gasteiger partial charge on any atom is 0.244 e. The summed E-state index contributed by atoms with van der Waals surface area (Å²) in [4.78, 5) is 26.4. The number of sulfonamides is 1. The Morgan fingerprint density at radius 1 is 0.971 bits per heavy atom. The number of carbonyl (C=O) groups excluding carboxylic acids is 2. The lowest BCUT2D eigenvalue weighted by molar-refractivity contribution is -0.128. The quantitative estimate of drug-likeness (QED) is 0.475. The Kier molecular flexibility index (Phi) is 7.57. The molecule has 182 valence electrons. The minimum Gasteiger partial charge on any atom is -0.338 e. The van der Waals surface area contributed by atoms with Gasteiger partial charge >= 0.3 is 0 Å². The number of benzene rings is 3. The van der Waals surface area contributed by atoms with Crippen LogP contribution in [0.15, 0.2) is 83.8 Å². The molecule has 1 aliphatic rings. The molecule has 3 aromatic carbocycles. The average Bonchev–Trinajstić information content (AvgIpc) is 3.23. The summed E-state index contributed by atoms with van der Waals surface area (Å²) in [5.41, 5.74) is 2.07. The molecule has 9 heteroatoms. The van der Waals surface area contributed by atoms with Gasteiger partial charge in [0.2, 0.25) is 21.8 Å². The van der Waals surface area contributed by atoms with Crippen LogP contribution < -0.4 is 10.0 Å². The first-order valence-electron chi connectivity index (χ1n) is 11.3. The number of amides is 2. The van der Waals surface area contributed by atoms with E-state index in [1.807, 2.05) is 12.1 Å². The van der Waals surface area contributed by atoms with Crippen molar-refractivity contribution < 1.29 is 22.4 Å². The first kappa shape index (κ1) is 24.6. The van der Waals surface area contributed by atoms with E-state index in [4.69, 9.17) is 0 Å². The SMILES string of the molecule is O=C(Nc1cccc(CN2CCCC2=O)c1)[C@H](Cc1ccccc1)NS(=O)(=O)c1ccccc1F. The van der Waals surface area contributed by atoms with E-state index in [2.05, 4.69) is 10.0 Å². The fourth-order valence-electron chi connectivity index (χ4n) is 4.02. The van der Waals surface area contributed by atoms with Crippen LogP contribution >= 0.6 is 0 Å². The Bertz CT molecular complexity index is 1310. The highest BCUT2D eigenvalue weighted by atomic mass is 32.2. The molecule has 4 rings (SSSR count). The number of anilines is 1. The lowest BCUT2D eigenvalue weighted by Crippen LogP contribution is -2.45. The lowest BCUT2D eigenvalue weighted by atomic mass is 10.1. The molecule has 7 nitrogen and oxygen atoms in total. The molecule has 0 bridgehead atoms. The van der Waals surface area contributed by atoms with E-state index in [1.165, 1.54) is 12.1 Å². The monoisotopic (exact) mass is 495 g/mol. The van der Waals surface area contributed by atoms with Gasteiger partial charge in [0, 0.05) is 25.2 Å². The summed E-state index contributed by atoms with van der Waals surface area (Å²) in [5, 5.41) is 2.76. The Labute approximate surface area is 204 Å². The van der Waals surface area contributed by atoms with E-state index in [0.29, 0.717) is 25.2 Å². The summed E-state index contributed by atoms with van der Waals surface area (Å²) in [6.45, 7) is 1.14. The van der Waals surface area contributed by atoms with Gasteiger partial charge in [0.1, 0.15) is 16.8 Å². The molecule has 0 aliphatic carbocycles. The van der Waals surface area contributed by atoms with E-state index >= 15 is 0 Å². The molecule has 3 aromatic rings. The number of halogens is 1. The smallest absolute Gasteiger partial charge is 0.244 e. The van der Waals surface area contributed by atoms with Crippen LogP contribution in [0.2, 0.25) is 0 Å². The van der Waals surface area contributed by atoms with E-state index in [-0.39, 0.29) is 12.3 Å². The zero-order valence-electron chi connectivity index (χ0n) is 19.0. The minimum atomic E-state index is -4.31. The van der Waals surface area contributed by atoms with Crippen molar-refractivity contribution in [2.24, 2.45) is 0 Å². The highest BCUT2D eigenvalue weighted by Gasteiger charge is 2.28. The Morgan fingerprint density at radius 2 is 1.69 bits per heavy atom. The molecule has 1 fully saturated rings. The van der Waals surface area contributed by atoms with Gasteiger partial charge in [-0.3, -0.25) is 9.59 Å². The third kappa shape index (κ3) is 6.32. The maximum atomic E-state index is 14.2. The van der Waals surface area contributed by atoms with Crippen molar-refractivity contribution >= 4 is 27.5 Å². The second-order valence-corrected chi connectivity index (χ2v) is 10.1. The van der Waals surface area contributed by atoms with Crippen LogP contribution in [0.1, 0.15) is 24.0 Å². The first-order chi connectivity index (χ1) is 16.8. The number of carbonyl (C=O) groups is 2. The third-order valence-electron chi connectivity index (χ3n) is 5.76. The molecule has 0 radical (unpaired) electrons. The molecule has 0 spiro atoms. The summed E-state index contributed by atoms with van der Waals surface area (Å²) in [5.74, 6) is -1.38. The number of hydrogen-bond donors (Lipinski definition) is 2. The first-order valence-corrected chi connectivity index (χ1v) is 12.8. The van der Waals surface area contributed by atoms with Crippen molar-refractivity contribution in [3.8, 4) is 0 Å². The summed E-state index contributed by atoms with van der Waals surface area (Å²) in [7, 11) is -4.31. The molecule has 2 N–H and O–H groups in total. The van der Waals surface area contributed by atoms with Gasteiger partial charge in [-0.25, -0.2) is 12.8 Å². The van der Waals surface area contributed by atoms with Gasteiger partial charge in [-0.2, -0.15) is 4.72 Å². The predicted octanol–water partition coefficient (Wildman–Crippen LogP) is 3.48. The molecule has 1 atom stereocenters. The number of likely N-dealkylation sites (tertiary alicyclic amines) is 1. The van der Waals surface area contributed by atoms with Crippen molar-refractivity contribution in [3.63, 3.8) is 0 Å². The molecule has 0 saturated carbocycles. The normalized spacial score (nSPS) is 14.7. The van der Waals surface area contributed by atoms with Gasteiger partial charge in [-0.1, -0.05) is 54.6 Å². The second kappa shape index (κ2) is 10.8. The average molecular weight is 496 g/mol. The second-order valence-electron chi connectivity index (χ2n) is 8.40. The van der Waals surface area contributed by atoms with Gasteiger partial charge in [0.05, 0.1) is 0 Å². The zero-order chi connectivity index (χ0) is 24.8. The highest BCUT2D eigenvalue weighted by Crippen LogP contribution is 2.19. The van der Waals surface area contributed by atoms with Crippen LogP contribution in [0.3, 0.4) is 0 Å². The predicted molar refractivity (Wildman–Crippen MR) is 130 cm³/mol. The van der Waals surface area contributed by atoms with Crippen LogP contribution in [0.5, 0.6) is 0 Å². The van der Waals surface area contributed by atoms with Crippen LogP contribution in [0.25, 0.3) is 0 Å². The molecule has 35 heavy (non-hydrogen) atoms. The summed E-state index contributed by atoms with van der Waals surface area (Å²) in [6.07, 6.45) is 1.45. The Morgan fingerprint density at radius 3 is 2.40 bits per heavy atom. The van der Waals surface area contributed by atoms with Gasteiger partial charge in [0.25, 0.3) is 0 Å². The minimum absolute atomic E-state index is 0.0718. The lowest BCUT2D eigenvalue weighted by Gasteiger charge is -2.20. The van der Waals surface area contributed by atoms with Gasteiger partial charge < -0.3 is 10.2 Å². The molecular formula is C26H26FN3O4S. The van der Waals surface area contributed by atoms with Crippen molar-refractivity contribution in [2.45, 2.75) is 36.7 Å². The summed E-state index contributed by atoms with van der Waals surface area (Å²) in [6, 6.07) is 19.9. The standard InChI is InChI=1S/C26H26FN3O4S/c27-22-12-4-5-13-24(22)35(33,34)29-23(17-19-8-2-1-3-9-19)26(32)28-21-11-6-10-20(16-21)18-30-15-7-14-25(30)31/h1-6,8-13,16,23,29H,7,14-15,17-18H2,(H,28,32)/t23-/m0/s1. The van der Waals surface area contributed by atoms with Crippen LogP contribution in [0, 0.1) is 5.82 Å². The third-order valence-corrected chi connectivity index (χ3v) is 7.27. The Hall–Kier alpha value is -3.56. The van der Waals surface area contributed by atoms with Gasteiger partial charge in [0.15, 0.2) is 0 Å². The Balaban J connectivity index is 1.54. The van der Waals surface area contributed by atoms with Gasteiger partial charge in [-0.05, 0) is 48.2 Å². The fourth-order valence-corrected chi connectivity index (χ4v) is 5.29. The van der Waals surface area contributed by atoms with E-state index in [9.17, 15) is 22.4 Å². The topological polar surface area (TPSA) is 95.6 Å². The molecule has 1 heterocycles. The van der Waals surface area contributed by atoms with Crippen molar-refractivity contribution in [2.75, 3.05) is 11.9 Å². The van der Waals surface area contributed by atoms with Crippen LogP contribution in [0.4, 0.5) is 10.1 Å². The fraction of sp³-hybridized carbons (Fsp3) is 0.231. The van der Waals surface area contributed by atoms with Crippen molar-refractivity contribution in [1.29, 1.82) is 0 Å². The number of rotatable bonds is 9. The molecule has 0 unspecified atom stereocenters. The number of hydrogen-bond acceptors (Lipinski definition) is 4. The molecule has 1 saturated heterocycles. The summed E-state index contributed by atoms with van der Waals surface area (Å²) >= 11 is 0. The molecule has 1 aliphatic heterocycles. The molecule has 2 amide bonds. The highest BCUT2D eigenvalue weighted by molar-refractivity contribution is 7.89. The molecule has 0 aromatic heterocycles. The zero-order valence-corrected chi connectivity index (χ0v) is 19.8. The van der Waals surface area contributed by atoms with E-state index < -0.39 is 32.7 Å². The summed E-state index contributed by atoms with van der Waals surface area (Å²) < 4.78 is 42.4. The maximum absolute atomic E-state index is 14.2. The van der Waals surface area contributed by atoms with E-state index in [0.717, 1.165) is 29.7 Å². The number of nitrogens with zero attached hydrogens (tertiary/aromatic N) is 1. The molecular weight excluding hydrogens is 469 g/mol. The largest absolute Gasteiger partial charge is 0.338 e. The van der Waals surface area contributed by atoms with Crippen LogP contribution in [-0.2, 0) is 32.6 Å². The van der Waals surface area contributed by atoms with Crippen molar-refractivity contribution in [3.05, 3.63) is 95.8 Å². The van der Waals surface area contributed by atoms with E-state index in [1.54, 1.807) is 47.4 Å². The van der Waals surface area contributed by atoms with Crippen LogP contribution in [-0.4, -0.2) is 37.7 Å². The van der Waals surface area contributed by atoms with Crippen molar-refractivity contribution in [1.82, 2.24) is 9.62 Å². The van der Waals surface area contributed by atoms with Gasteiger partial charge in [-0.15, -0.1) is 0 Å².